The summed E-state index contributed by atoms with van der Waals surface area (Å²) in [5.41, 5.74) is 6.76. The lowest BCUT2D eigenvalue weighted by Gasteiger charge is -2.29. The zero-order valence-electron chi connectivity index (χ0n) is 16.6. The molecule has 2 saturated heterocycles. The van der Waals surface area contributed by atoms with Crippen LogP contribution in [0.5, 0.6) is 0 Å². The topological polar surface area (TPSA) is 79.1 Å². The van der Waals surface area contributed by atoms with Gasteiger partial charge in [-0.05, 0) is 18.5 Å². The summed E-state index contributed by atoms with van der Waals surface area (Å²) in [5, 5.41) is 0. The van der Waals surface area contributed by atoms with E-state index in [9.17, 15) is 9.59 Å². The fourth-order valence-electron chi connectivity index (χ4n) is 3.85. The van der Waals surface area contributed by atoms with Gasteiger partial charge in [-0.1, -0.05) is 30.3 Å². The Labute approximate surface area is 167 Å². The highest BCUT2D eigenvalue weighted by Gasteiger charge is 2.36. The number of hydrogen-bond donors (Lipinski definition) is 1. The molecular weight excluding hydrogens is 356 g/mol. The van der Waals surface area contributed by atoms with Crippen molar-refractivity contribution >= 4 is 11.8 Å². The molecule has 1 aromatic carbocycles. The van der Waals surface area contributed by atoms with Crippen molar-refractivity contribution in [1.29, 1.82) is 0 Å². The van der Waals surface area contributed by atoms with Gasteiger partial charge in [-0.2, -0.15) is 0 Å². The monoisotopic (exact) mass is 388 g/mol. The Morgan fingerprint density at radius 2 is 1.93 bits per heavy atom. The second kappa shape index (κ2) is 10.5. The van der Waals surface area contributed by atoms with Crippen LogP contribution >= 0.6 is 0 Å². The van der Waals surface area contributed by atoms with Crippen LogP contribution in [-0.4, -0.2) is 85.5 Å². The fourth-order valence-corrected chi connectivity index (χ4v) is 3.85. The van der Waals surface area contributed by atoms with Crippen LogP contribution in [0.15, 0.2) is 30.3 Å². The van der Waals surface area contributed by atoms with Crippen LogP contribution in [0, 0.1) is 5.92 Å². The largest absolute Gasteiger partial charge is 0.379 e. The molecular formula is C21H32N4O3. The summed E-state index contributed by atoms with van der Waals surface area (Å²) in [6.07, 6.45) is 1.08. The van der Waals surface area contributed by atoms with E-state index < -0.39 is 0 Å². The minimum absolute atomic E-state index is 0.0690. The third kappa shape index (κ3) is 5.77. The van der Waals surface area contributed by atoms with Crippen molar-refractivity contribution in [3.8, 4) is 0 Å². The second-order valence-electron chi connectivity index (χ2n) is 7.58. The minimum Gasteiger partial charge on any atom is -0.379 e. The van der Waals surface area contributed by atoms with Gasteiger partial charge in [0, 0.05) is 52.2 Å². The van der Waals surface area contributed by atoms with Gasteiger partial charge < -0.3 is 20.3 Å². The molecule has 3 rings (SSSR count). The predicted octanol–water partition coefficient (Wildman–Crippen LogP) is 0.545. The Hall–Kier alpha value is -1.96. The first-order valence-electron chi connectivity index (χ1n) is 10.3. The SMILES string of the molecule is NCCCN(Cc1ccccc1)C(=O)C1CC(=O)N(CCN2CCOCC2)C1. The zero-order chi connectivity index (χ0) is 19.8. The highest BCUT2D eigenvalue weighted by atomic mass is 16.5. The van der Waals surface area contributed by atoms with Crippen molar-refractivity contribution in [2.45, 2.75) is 19.4 Å². The first kappa shape index (κ1) is 20.8. The van der Waals surface area contributed by atoms with E-state index in [1.54, 1.807) is 0 Å². The van der Waals surface area contributed by atoms with Crippen molar-refractivity contribution in [3.05, 3.63) is 35.9 Å². The zero-order valence-corrected chi connectivity index (χ0v) is 16.6. The predicted molar refractivity (Wildman–Crippen MR) is 107 cm³/mol. The van der Waals surface area contributed by atoms with Crippen LogP contribution in [0.3, 0.4) is 0 Å². The molecule has 2 amide bonds. The molecule has 2 fully saturated rings. The van der Waals surface area contributed by atoms with Crippen molar-refractivity contribution in [3.63, 3.8) is 0 Å². The molecule has 0 aromatic heterocycles. The van der Waals surface area contributed by atoms with Gasteiger partial charge in [0.1, 0.15) is 0 Å². The molecule has 1 unspecified atom stereocenters. The lowest BCUT2D eigenvalue weighted by Crippen LogP contribution is -2.42. The van der Waals surface area contributed by atoms with Crippen LogP contribution in [0.1, 0.15) is 18.4 Å². The molecule has 7 nitrogen and oxygen atoms in total. The minimum atomic E-state index is -0.251. The Bertz CT molecular complexity index is 634. The van der Waals surface area contributed by atoms with E-state index in [2.05, 4.69) is 4.90 Å². The van der Waals surface area contributed by atoms with E-state index in [-0.39, 0.29) is 17.7 Å². The van der Waals surface area contributed by atoms with Crippen LogP contribution in [-0.2, 0) is 20.9 Å². The smallest absolute Gasteiger partial charge is 0.228 e. The first-order valence-corrected chi connectivity index (χ1v) is 10.3. The molecule has 2 aliphatic rings. The van der Waals surface area contributed by atoms with Crippen molar-refractivity contribution in [1.82, 2.24) is 14.7 Å². The first-order chi connectivity index (χ1) is 13.7. The Morgan fingerprint density at radius 1 is 1.18 bits per heavy atom. The number of ether oxygens (including phenoxy) is 1. The standard InChI is InChI=1S/C21H32N4O3/c22-7-4-8-25(16-18-5-2-1-3-6-18)21(27)19-15-20(26)24(17-19)10-9-23-11-13-28-14-12-23/h1-3,5-6,19H,4,7-17,22H2. The van der Waals surface area contributed by atoms with E-state index in [1.165, 1.54) is 0 Å². The van der Waals surface area contributed by atoms with Gasteiger partial charge in [-0.15, -0.1) is 0 Å². The molecule has 0 spiro atoms. The highest BCUT2D eigenvalue weighted by Crippen LogP contribution is 2.21. The maximum Gasteiger partial charge on any atom is 0.228 e. The van der Waals surface area contributed by atoms with Gasteiger partial charge in [-0.3, -0.25) is 14.5 Å². The molecule has 7 heteroatoms. The summed E-state index contributed by atoms with van der Waals surface area (Å²) >= 11 is 0. The van der Waals surface area contributed by atoms with Crippen LogP contribution in [0.4, 0.5) is 0 Å². The molecule has 2 heterocycles. The Morgan fingerprint density at radius 3 is 2.64 bits per heavy atom. The summed E-state index contributed by atoms with van der Waals surface area (Å²) in [4.78, 5) is 31.6. The quantitative estimate of drug-likeness (QED) is 0.668. The second-order valence-corrected chi connectivity index (χ2v) is 7.58. The van der Waals surface area contributed by atoms with E-state index in [4.69, 9.17) is 10.5 Å². The molecule has 0 saturated carbocycles. The van der Waals surface area contributed by atoms with E-state index >= 15 is 0 Å². The van der Waals surface area contributed by atoms with Gasteiger partial charge in [-0.25, -0.2) is 0 Å². The molecule has 0 aliphatic carbocycles. The summed E-state index contributed by atoms with van der Waals surface area (Å²) in [6, 6.07) is 9.98. The summed E-state index contributed by atoms with van der Waals surface area (Å²) in [6.45, 7) is 7.13. The van der Waals surface area contributed by atoms with Gasteiger partial charge in [0.15, 0.2) is 0 Å². The van der Waals surface area contributed by atoms with Crippen molar-refractivity contribution in [2.75, 3.05) is 59.0 Å². The lowest BCUT2D eigenvalue weighted by molar-refractivity contribution is -0.136. The maximum absolute atomic E-state index is 13.1. The summed E-state index contributed by atoms with van der Waals surface area (Å²) < 4.78 is 5.37. The third-order valence-corrected chi connectivity index (χ3v) is 5.51. The number of morpholine rings is 1. The van der Waals surface area contributed by atoms with Gasteiger partial charge in [0.2, 0.25) is 11.8 Å². The number of nitrogens with zero attached hydrogens (tertiary/aromatic N) is 3. The number of amides is 2. The molecule has 28 heavy (non-hydrogen) atoms. The van der Waals surface area contributed by atoms with Crippen molar-refractivity contribution < 1.29 is 14.3 Å². The molecule has 1 atom stereocenters. The molecule has 2 aliphatic heterocycles. The Balaban J connectivity index is 1.55. The number of nitrogens with two attached hydrogens (primary N) is 1. The van der Waals surface area contributed by atoms with E-state index in [0.29, 0.717) is 39.1 Å². The summed E-state index contributed by atoms with van der Waals surface area (Å²) in [7, 11) is 0. The third-order valence-electron chi connectivity index (χ3n) is 5.51. The Kier molecular flexibility index (Phi) is 7.82. The number of rotatable bonds is 9. The molecule has 1 aromatic rings. The number of carbonyl (C=O) groups excluding carboxylic acids is 2. The highest BCUT2D eigenvalue weighted by molar-refractivity contribution is 5.89. The lowest BCUT2D eigenvalue weighted by atomic mass is 10.1. The average Bonchev–Trinajstić information content (AvgIpc) is 3.11. The van der Waals surface area contributed by atoms with Gasteiger partial charge >= 0.3 is 0 Å². The molecule has 0 bridgehead atoms. The number of carbonyl (C=O) groups is 2. The van der Waals surface area contributed by atoms with E-state index in [1.807, 2.05) is 40.1 Å². The summed E-state index contributed by atoms with van der Waals surface area (Å²) in [5.74, 6) is -0.0942. The normalized spacial score (nSPS) is 20.5. The molecule has 154 valence electrons. The van der Waals surface area contributed by atoms with Crippen molar-refractivity contribution in [2.24, 2.45) is 11.7 Å². The van der Waals surface area contributed by atoms with Gasteiger partial charge in [0.25, 0.3) is 0 Å². The number of likely N-dealkylation sites (tertiary alicyclic amines) is 1. The molecule has 2 N–H and O–H groups in total. The van der Waals surface area contributed by atoms with Crippen LogP contribution in [0.25, 0.3) is 0 Å². The van der Waals surface area contributed by atoms with E-state index in [0.717, 1.165) is 44.8 Å². The average molecular weight is 389 g/mol. The molecule has 0 radical (unpaired) electrons. The fraction of sp³-hybridized carbons (Fsp3) is 0.619. The number of hydrogen-bond acceptors (Lipinski definition) is 5. The maximum atomic E-state index is 13.1. The van der Waals surface area contributed by atoms with Crippen LogP contribution < -0.4 is 5.73 Å². The van der Waals surface area contributed by atoms with Crippen LogP contribution in [0.2, 0.25) is 0 Å². The van der Waals surface area contributed by atoms with Gasteiger partial charge in [0.05, 0.1) is 19.1 Å². The number of benzene rings is 1.